The van der Waals surface area contributed by atoms with Crippen LogP contribution in [0.1, 0.15) is 32.6 Å². The molecule has 102 valence electrons. The lowest BCUT2D eigenvalue weighted by Crippen LogP contribution is -2.52. The molecule has 1 fully saturated rings. The second-order valence-electron chi connectivity index (χ2n) is 5.01. The first-order chi connectivity index (χ1) is 7.93. The summed E-state index contributed by atoms with van der Waals surface area (Å²) in [5.41, 5.74) is -0.444. The van der Waals surface area contributed by atoms with E-state index in [1.165, 1.54) is 7.11 Å². The molecule has 0 spiro atoms. The lowest BCUT2D eigenvalue weighted by Gasteiger charge is -2.38. The third-order valence-corrected chi connectivity index (χ3v) is 5.38. The molecular formula is C11H22ClNO3S. The minimum atomic E-state index is -3.29. The maximum absolute atomic E-state index is 11.9. The summed E-state index contributed by atoms with van der Waals surface area (Å²) >= 11 is 5.97. The van der Waals surface area contributed by atoms with E-state index in [0.29, 0.717) is 11.8 Å². The van der Waals surface area contributed by atoms with Crippen molar-refractivity contribution in [2.45, 2.75) is 38.1 Å². The van der Waals surface area contributed by atoms with Gasteiger partial charge >= 0.3 is 0 Å². The van der Waals surface area contributed by atoms with Crippen LogP contribution in [0, 0.1) is 5.92 Å². The van der Waals surface area contributed by atoms with E-state index in [-0.39, 0.29) is 12.4 Å². The predicted octanol–water partition coefficient (Wildman–Crippen LogP) is 1.74. The van der Waals surface area contributed by atoms with Gasteiger partial charge in [0, 0.05) is 18.5 Å². The van der Waals surface area contributed by atoms with E-state index in [1.54, 1.807) is 0 Å². The second-order valence-corrected chi connectivity index (χ2v) is 7.12. The molecule has 0 heterocycles. The van der Waals surface area contributed by atoms with Gasteiger partial charge in [-0.2, -0.15) is 0 Å². The highest BCUT2D eigenvalue weighted by molar-refractivity contribution is 7.89. The van der Waals surface area contributed by atoms with E-state index in [2.05, 4.69) is 11.6 Å². The number of alkyl halides is 1. The molecule has 1 aliphatic carbocycles. The molecule has 0 aromatic carbocycles. The summed E-state index contributed by atoms with van der Waals surface area (Å²) in [6.07, 6.45) is 3.70. The van der Waals surface area contributed by atoms with Crippen LogP contribution in [0.15, 0.2) is 0 Å². The van der Waals surface area contributed by atoms with Crippen LogP contribution in [0.3, 0.4) is 0 Å². The SMILES string of the molecule is COCCS(=O)(=O)NC1(CCl)CCC(C)CC1. The molecule has 0 amide bonds. The van der Waals surface area contributed by atoms with Crippen LogP contribution >= 0.6 is 11.6 Å². The minimum Gasteiger partial charge on any atom is -0.384 e. The zero-order valence-electron chi connectivity index (χ0n) is 10.5. The van der Waals surface area contributed by atoms with Crippen LogP contribution in [0.2, 0.25) is 0 Å². The van der Waals surface area contributed by atoms with Crippen LogP contribution < -0.4 is 4.72 Å². The quantitative estimate of drug-likeness (QED) is 0.756. The molecule has 0 radical (unpaired) electrons. The van der Waals surface area contributed by atoms with Crippen molar-refractivity contribution in [1.29, 1.82) is 0 Å². The van der Waals surface area contributed by atoms with Gasteiger partial charge in [-0.1, -0.05) is 6.92 Å². The summed E-state index contributed by atoms with van der Waals surface area (Å²) in [5.74, 6) is 0.999. The van der Waals surface area contributed by atoms with E-state index in [1.807, 2.05) is 0 Å². The standard InChI is InChI=1S/C11H22ClNO3S/c1-10-3-5-11(9-12,6-4-10)13-17(14,15)8-7-16-2/h10,13H,3-9H2,1-2H3. The van der Waals surface area contributed by atoms with E-state index in [0.717, 1.165) is 25.7 Å². The summed E-state index contributed by atoms with van der Waals surface area (Å²) < 4.78 is 31.3. The van der Waals surface area contributed by atoms with Gasteiger partial charge in [-0.3, -0.25) is 0 Å². The fourth-order valence-electron chi connectivity index (χ4n) is 2.15. The van der Waals surface area contributed by atoms with Crippen molar-refractivity contribution in [3.63, 3.8) is 0 Å². The van der Waals surface area contributed by atoms with Crippen molar-refractivity contribution in [2.24, 2.45) is 5.92 Å². The van der Waals surface area contributed by atoms with Crippen LogP contribution in [0.25, 0.3) is 0 Å². The molecule has 17 heavy (non-hydrogen) atoms. The molecule has 0 bridgehead atoms. The Balaban J connectivity index is 2.62. The molecular weight excluding hydrogens is 262 g/mol. The number of ether oxygens (including phenoxy) is 1. The molecule has 0 unspecified atom stereocenters. The number of nitrogens with one attached hydrogen (secondary N) is 1. The molecule has 0 aliphatic heterocycles. The van der Waals surface area contributed by atoms with Crippen LogP contribution in [0.5, 0.6) is 0 Å². The first kappa shape index (κ1) is 15.2. The maximum atomic E-state index is 11.9. The van der Waals surface area contributed by atoms with Crippen LogP contribution in [0.4, 0.5) is 0 Å². The number of rotatable bonds is 6. The number of sulfonamides is 1. The van der Waals surface area contributed by atoms with Crippen LogP contribution in [-0.4, -0.2) is 39.3 Å². The Morgan fingerprint density at radius 1 is 1.41 bits per heavy atom. The topological polar surface area (TPSA) is 55.4 Å². The molecule has 4 nitrogen and oxygen atoms in total. The number of hydrogen-bond donors (Lipinski definition) is 1. The molecule has 1 aliphatic rings. The second kappa shape index (κ2) is 6.36. The molecule has 0 atom stereocenters. The van der Waals surface area contributed by atoms with Gasteiger partial charge in [0.25, 0.3) is 0 Å². The van der Waals surface area contributed by atoms with Gasteiger partial charge in [-0.05, 0) is 31.6 Å². The molecule has 0 aromatic heterocycles. The van der Waals surface area contributed by atoms with Crippen molar-refractivity contribution in [2.75, 3.05) is 25.3 Å². The summed E-state index contributed by atoms with van der Waals surface area (Å²) in [6, 6.07) is 0. The summed E-state index contributed by atoms with van der Waals surface area (Å²) in [7, 11) is -1.80. The fraction of sp³-hybridized carbons (Fsp3) is 1.00. The van der Waals surface area contributed by atoms with Crippen molar-refractivity contribution in [3.05, 3.63) is 0 Å². The minimum absolute atomic E-state index is 0.00229. The normalized spacial score (nSPS) is 30.4. The molecule has 0 aromatic rings. The summed E-state index contributed by atoms with van der Waals surface area (Å²) in [5, 5.41) is 0. The van der Waals surface area contributed by atoms with Gasteiger partial charge in [0.2, 0.25) is 10.0 Å². The van der Waals surface area contributed by atoms with Crippen molar-refractivity contribution in [3.8, 4) is 0 Å². The zero-order valence-corrected chi connectivity index (χ0v) is 12.1. The lowest BCUT2D eigenvalue weighted by atomic mass is 9.79. The first-order valence-corrected chi connectivity index (χ1v) is 8.18. The number of methoxy groups -OCH3 is 1. The van der Waals surface area contributed by atoms with Crippen molar-refractivity contribution in [1.82, 2.24) is 4.72 Å². The van der Waals surface area contributed by atoms with Gasteiger partial charge in [0.1, 0.15) is 0 Å². The van der Waals surface area contributed by atoms with Crippen molar-refractivity contribution < 1.29 is 13.2 Å². The summed E-state index contributed by atoms with van der Waals surface area (Å²) in [6.45, 7) is 2.40. The average molecular weight is 284 g/mol. The fourth-order valence-corrected chi connectivity index (χ4v) is 3.99. The summed E-state index contributed by atoms with van der Waals surface area (Å²) in [4.78, 5) is 0. The van der Waals surface area contributed by atoms with Gasteiger partial charge in [-0.25, -0.2) is 13.1 Å². The Hall–Kier alpha value is 0.160. The molecule has 6 heteroatoms. The molecule has 1 rings (SSSR count). The third kappa shape index (κ3) is 4.73. The van der Waals surface area contributed by atoms with Crippen molar-refractivity contribution >= 4 is 21.6 Å². The zero-order chi connectivity index (χ0) is 12.9. The van der Waals surface area contributed by atoms with E-state index < -0.39 is 15.6 Å². The Bertz CT molecular complexity index is 324. The first-order valence-electron chi connectivity index (χ1n) is 5.99. The van der Waals surface area contributed by atoms with E-state index >= 15 is 0 Å². The maximum Gasteiger partial charge on any atom is 0.214 e. The highest BCUT2D eigenvalue weighted by Gasteiger charge is 2.36. The average Bonchev–Trinajstić information content (AvgIpc) is 2.30. The number of halogens is 1. The highest BCUT2D eigenvalue weighted by atomic mass is 35.5. The van der Waals surface area contributed by atoms with Gasteiger partial charge in [-0.15, -0.1) is 11.6 Å². The van der Waals surface area contributed by atoms with Crippen LogP contribution in [-0.2, 0) is 14.8 Å². The Labute approximate surface area is 109 Å². The van der Waals surface area contributed by atoms with Gasteiger partial charge in [0.05, 0.1) is 12.4 Å². The molecule has 1 N–H and O–H groups in total. The molecule has 1 saturated carbocycles. The largest absolute Gasteiger partial charge is 0.384 e. The Morgan fingerprint density at radius 2 is 2.00 bits per heavy atom. The number of hydrogen-bond acceptors (Lipinski definition) is 3. The lowest BCUT2D eigenvalue weighted by molar-refractivity contribution is 0.214. The Kier molecular flexibility index (Phi) is 5.70. The van der Waals surface area contributed by atoms with E-state index in [9.17, 15) is 8.42 Å². The third-order valence-electron chi connectivity index (χ3n) is 3.42. The van der Waals surface area contributed by atoms with E-state index in [4.69, 9.17) is 16.3 Å². The Morgan fingerprint density at radius 3 is 2.47 bits per heavy atom. The predicted molar refractivity (Wildman–Crippen MR) is 69.9 cm³/mol. The van der Waals surface area contributed by atoms with Gasteiger partial charge in [0.15, 0.2) is 0 Å². The molecule has 0 saturated heterocycles. The monoisotopic (exact) mass is 283 g/mol. The smallest absolute Gasteiger partial charge is 0.214 e. The highest BCUT2D eigenvalue weighted by Crippen LogP contribution is 2.33. The van der Waals surface area contributed by atoms with Gasteiger partial charge < -0.3 is 4.74 Å².